The summed E-state index contributed by atoms with van der Waals surface area (Å²) in [7, 11) is 1.90. The van der Waals surface area contributed by atoms with Crippen LogP contribution < -0.4 is 5.32 Å². The number of hydrogen-bond acceptors (Lipinski definition) is 6. The Balaban J connectivity index is 1.40. The molecule has 1 N–H and O–H groups in total. The summed E-state index contributed by atoms with van der Waals surface area (Å²) in [4.78, 5) is 28.1. The highest BCUT2D eigenvalue weighted by atomic mass is 16.5. The van der Waals surface area contributed by atoms with E-state index in [1.165, 1.54) is 12.8 Å². The minimum atomic E-state index is 0.0788. The summed E-state index contributed by atoms with van der Waals surface area (Å²) in [5, 5.41) is 8.00. The smallest absolute Gasteiger partial charge is 0.254 e. The molecule has 0 radical (unpaired) electrons. The molecule has 2 aliphatic heterocycles. The zero-order valence-corrected chi connectivity index (χ0v) is 22.9. The van der Waals surface area contributed by atoms with Gasteiger partial charge in [0.15, 0.2) is 6.29 Å². The number of carbonyl (C=O) groups excluding carboxylic acids is 2. The third-order valence-corrected chi connectivity index (χ3v) is 8.47. The van der Waals surface area contributed by atoms with Crippen LogP contribution in [0.3, 0.4) is 0 Å². The number of aromatic nitrogens is 2. The predicted octanol–water partition coefficient (Wildman–Crippen LogP) is 4.31. The molecule has 2 saturated heterocycles. The fraction of sp³-hybridized carbons (Fsp3) is 0.633. The summed E-state index contributed by atoms with van der Waals surface area (Å²) in [6.07, 6.45) is 14.4. The highest BCUT2D eigenvalue weighted by molar-refractivity contribution is 6.02. The number of ether oxygens (including phenoxy) is 2. The van der Waals surface area contributed by atoms with Gasteiger partial charge in [-0.2, -0.15) is 5.10 Å². The van der Waals surface area contributed by atoms with Crippen LogP contribution in [0.5, 0.6) is 0 Å². The van der Waals surface area contributed by atoms with Crippen molar-refractivity contribution < 1.29 is 19.1 Å². The summed E-state index contributed by atoms with van der Waals surface area (Å²) < 4.78 is 13.5. The summed E-state index contributed by atoms with van der Waals surface area (Å²) in [6.45, 7) is 6.67. The molecular weight excluding hydrogens is 480 g/mol. The number of rotatable bonds is 10. The molecule has 2 aliphatic carbocycles. The lowest BCUT2D eigenvalue weighted by molar-refractivity contribution is -0.128. The second-order valence-corrected chi connectivity index (χ2v) is 11.1. The SMILES string of the molecule is CCC1=CCC(NC)=C(c2c(C=O)cnn2C2CCOCC2)C=C1C(=O)N1CCC(COCC2CC2)CC1. The number of likely N-dealkylation sites (tertiary alicyclic amines) is 1. The normalized spacial score (nSPS) is 21.7. The van der Waals surface area contributed by atoms with Crippen molar-refractivity contribution in [3.05, 3.63) is 46.4 Å². The fourth-order valence-electron chi connectivity index (χ4n) is 5.86. The molecule has 38 heavy (non-hydrogen) atoms. The Labute approximate surface area is 226 Å². The summed E-state index contributed by atoms with van der Waals surface area (Å²) >= 11 is 0. The van der Waals surface area contributed by atoms with E-state index < -0.39 is 0 Å². The molecule has 0 unspecified atom stereocenters. The Morgan fingerprint density at radius 3 is 2.47 bits per heavy atom. The molecule has 1 saturated carbocycles. The van der Waals surface area contributed by atoms with Gasteiger partial charge in [-0.3, -0.25) is 14.3 Å². The van der Waals surface area contributed by atoms with Crippen molar-refractivity contribution in [1.29, 1.82) is 0 Å². The van der Waals surface area contributed by atoms with Crippen LogP contribution in [0.15, 0.2) is 35.2 Å². The van der Waals surface area contributed by atoms with Crippen LogP contribution in [-0.4, -0.2) is 73.4 Å². The first kappa shape index (κ1) is 26.9. The van der Waals surface area contributed by atoms with Crippen molar-refractivity contribution in [2.45, 2.75) is 64.3 Å². The van der Waals surface area contributed by atoms with Crippen molar-refractivity contribution in [2.24, 2.45) is 11.8 Å². The monoisotopic (exact) mass is 522 g/mol. The summed E-state index contributed by atoms with van der Waals surface area (Å²) in [5.41, 5.74) is 4.99. The van der Waals surface area contributed by atoms with E-state index in [0.717, 1.165) is 98.7 Å². The van der Waals surface area contributed by atoms with Crippen LogP contribution in [0.25, 0.3) is 5.57 Å². The van der Waals surface area contributed by atoms with Gasteiger partial charge in [0.25, 0.3) is 5.91 Å². The van der Waals surface area contributed by atoms with Gasteiger partial charge >= 0.3 is 0 Å². The highest BCUT2D eigenvalue weighted by Gasteiger charge is 2.30. The lowest BCUT2D eigenvalue weighted by Crippen LogP contribution is -2.40. The Bertz CT molecular complexity index is 1100. The quantitative estimate of drug-likeness (QED) is 0.461. The second-order valence-electron chi connectivity index (χ2n) is 11.1. The molecule has 5 rings (SSSR count). The number of piperidine rings is 1. The molecule has 1 amide bonds. The maximum absolute atomic E-state index is 14.0. The van der Waals surface area contributed by atoms with Gasteiger partial charge in [0.2, 0.25) is 0 Å². The number of carbonyl (C=O) groups is 2. The zero-order valence-electron chi connectivity index (χ0n) is 22.9. The Morgan fingerprint density at radius 2 is 1.84 bits per heavy atom. The van der Waals surface area contributed by atoms with Gasteiger partial charge in [0.05, 0.1) is 23.5 Å². The summed E-state index contributed by atoms with van der Waals surface area (Å²) in [5.74, 6) is 1.39. The minimum absolute atomic E-state index is 0.0788. The van der Waals surface area contributed by atoms with Crippen LogP contribution in [-0.2, 0) is 14.3 Å². The Morgan fingerprint density at radius 1 is 1.13 bits per heavy atom. The van der Waals surface area contributed by atoms with Crippen LogP contribution in [0, 0.1) is 11.8 Å². The molecule has 0 bridgehead atoms. The van der Waals surface area contributed by atoms with Gasteiger partial charge in [-0.05, 0) is 68.4 Å². The zero-order chi connectivity index (χ0) is 26.5. The lowest BCUT2D eigenvalue weighted by Gasteiger charge is -2.33. The third-order valence-electron chi connectivity index (χ3n) is 8.47. The van der Waals surface area contributed by atoms with E-state index in [1.54, 1.807) is 6.20 Å². The molecule has 4 aliphatic rings. The molecule has 1 aromatic heterocycles. The first-order valence-electron chi connectivity index (χ1n) is 14.4. The lowest BCUT2D eigenvalue weighted by atomic mass is 9.94. The van der Waals surface area contributed by atoms with Crippen molar-refractivity contribution in [2.75, 3.05) is 46.6 Å². The second kappa shape index (κ2) is 12.4. The van der Waals surface area contributed by atoms with E-state index in [2.05, 4.69) is 23.4 Å². The number of aldehydes is 1. The average molecular weight is 523 g/mol. The van der Waals surface area contributed by atoms with E-state index in [0.29, 0.717) is 31.1 Å². The van der Waals surface area contributed by atoms with Gasteiger partial charge < -0.3 is 19.7 Å². The van der Waals surface area contributed by atoms with Crippen molar-refractivity contribution in [1.82, 2.24) is 20.0 Å². The first-order chi connectivity index (χ1) is 18.6. The molecule has 0 atom stereocenters. The number of nitrogens with one attached hydrogen (secondary N) is 1. The standard InChI is InChI=1S/C30H42N4O4/c1-3-23-6-7-28(31-2)27(29-24(18-35)17-32-34(29)25-10-14-37-15-11-25)16-26(23)30(36)33-12-8-22(9-13-33)20-38-19-21-4-5-21/h6,16-18,21-22,25,31H,3-5,7-15,19-20H2,1-2H3. The summed E-state index contributed by atoms with van der Waals surface area (Å²) in [6, 6.07) is 0.161. The van der Waals surface area contributed by atoms with Gasteiger partial charge in [0.1, 0.15) is 0 Å². The number of allylic oxidation sites excluding steroid dienone is 3. The molecule has 1 aromatic rings. The first-order valence-corrected chi connectivity index (χ1v) is 14.4. The minimum Gasteiger partial charge on any atom is -0.391 e. The van der Waals surface area contributed by atoms with Gasteiger partial charge in [-0.25, -0.2) is 0 Å². The highest BCUT2D eigenvalue weighted by Crippen LogP contribution is 2.35. The van der Waals surface area contributed by atoms with E-state index in [9.17, 15) is 9.59 Å². The molecule has 0 spiro atoms. The van der Waals surface area contributed by atoms with Crippen molar-refractivity contribution in [3.63, 3.8) is 0 Å². The molecule has 3 heterocycles. The number of hydrogen-bond donors (Lipinski definition) is 1. The Kier molecular flexibility index (Phi) is 8.79. The van der Waals surface area contributed by atoms with Crippen LogP contribution in [0.4, 0.5) is 0 Å². The van der Waals surface area contributed by atoms with E-state index in [4.69, 9.17) is 9.47 Å². The third kappa shape index (κ3) is 5.96. The maximum Gasteiger partial charge on any atom is 0.254 e. The molecule has 3 fully saturated rings. The topological polar surface area (TPSA) is 85.7 Å². The largest absolute Gasteiger partial charge is 0.391 e. The van der Waals surface area contributed by atoms with Crippen LogP contribution >= 0.6 is 0 Å². The van der Waals surface area contributed by atoms with E-state index >= 15 is 0 Å². The number of nitrogens with zero attached hydrogens (tertiary/aromatic N) is 3. The molecule has 206 valence electrons. The molecule has 8 nitrogen and oxygen atoms in total. The van der Waals surface area contributed by atoms with Crippen molar-refractivity contribution >= 4 is 17.8 Å². The maximum atomic E-state index is 14.0. The van der Waals surface area contributed by atoms with E-state index in [1.807, 2.05) is 22.7 Å². The predicted molar refractivity (Wildman–Crippen MR) is 147 cm³/mol. The average Bonchev–Trinajstić information content (AvgIpc) is 3.72. The Hall–Kier alpha value is -2.71. The molecule has 8 heteroatoms. The van der Waals surface area contributed by atoms with Gasteiger partial charge in [0, 0.05) is 69.8 Å². The van der Waals surface area contributed by atoms with Crippen LogP contribution in [0.1, 0.15) is 80.4 Å². The van der Waals surface area contributed by atoms with Crippen molar-refractivity contribution in [3.8, 4) is 0 Å². The fourth-order valence-corrected chi connectivity index (χ4v) is 5.86. The van der Waals surface area contributed by atoms with E-state index in [-0.39, 0.29) is 11.9 Å². The molecule has 0 aromatic carbocycles. The number of amides is 1. The van der Waals surface area contributed by atoms with Crippen LogP contribution in [0.2, 0.25) is 0 Å². The van der Waals surface area contributed by atoms with Gasteiger partial charge in [-0.1, -0.05) is 13.0 Å². The van der Waals surface area contributed by atoms with Gasteiger partial charge in [-0.15, -0.1) is 0 Å². The molecular formula is C30H42N4O4.